The zero-order chi connectivity index (χ0) is 19.1. The van der Waals surface area contributed by atoms with Crippen molar-refractivity contribution in [2.45, 2.75) is 17.3 Å². The molecule has 0 amide bonds. The lowest BCUT2D eigenvalue weighted by atomic mass is 10.2. The van der Waals surface area contributed by atoms with E-state index in [-0.39, 0.29) is 5.56 Å². The molecule has 0 N–H and O–H groups in total. The molecular formula is C22H18FNO2S. The standard InChI is InChI=1S/C22H18FNO2S/c1-25-19-9-7-17(8-10-19)15-27-22-11-18(13-24)20(23)12-21(22)26-14-16-5-3-2-4-6-16/h2-12H,14-15H2,1H3. The van der Waals surface area contributed by atoms with E-state index in [9.17, 15) is 4.39 Å². The number of nitrogens with zero attached hydrogens (tertiary/aromatic N) is 1. The zero-order valence-electron chi connectivity index (χ0n) is 14.8. The van der Waals surface area contributed by atoms with Gasteiger partial charge < -0.3 is 9.47 Å². The highest BCUT2D eigenvalue weighted by Gasteiger charge is 2.12. The van der Waals surface area contributed by atoms with E-state index < -0.39 is 5.82 Å². The maximum Gasteiger partial charge on any atom is 0.144 e. The Balaban J connectivity index is 1.77. The van der Waals surface area contributed by atoms with Crippen LogP contribution in [0.2, 0.25) is 0 Å². The monoisotopic (exact) mass is 379 g/mol. The van der Waals surface area contributed by atoms with E-state index in [1.54, 1.807) is 13.2 Å². The van der Waals surface area contributed by atoms with Crippen LogP contribution in [0, 0.1) is 17.1 Å². The molecule has 0 atom stereocenters. The van der Waals surface area contributed by atoms with Gasteiger partial charge in [0.2, 0.25) is 0 Å². The van der Waals surface area contributed by atoms with Crippen molar-refractivity contribution in [2.75, 3.05) is 7.11 Å². The van der Waals surface area contributed by atoms with Crippen molar-refractivity contribution in [3.05, 3.63) is 89.2 Å². The molecule has 0 unspecified atom stereocenters. The lowest BCUT2D eigenvalue weighted by Gasteiger charge is -2.13. The van der Waals surface area contributed by atoms with Crippen molar-refractivity contribution in [3.63, 3.8) is 0 Å². The van der Waals surface area contributed by atoms with E-state index >= 15 is 0 Å². The van der Waals surface area contributed by atoms with Gasteiger partial charge in [-0.25, -0.2) is 4.39 Å². The van der Waals surface area contributed by atoms with Crippen LogP contribution < -0.4 is 9.47 Å². The molecule has 3 aromatic carbocycles. The van der Waals surface area contributed by atoms with Crippen molar-refractivity contribution in [1.29, 1.82) is 5.26 Å². The summed E-state index contributed by atoms with van der Waals surface area (Å²) in [5, 5.41) is 9.13. The number of hydrogen-bond acceptors (Lipinski definition) is 4. The topological polar surface area (TPSA) is 42.2 Å². The van der Waals surface area contributed by atoms with E-state index in [4.69, 9.17) is 14.7 Å². The van der Waals surface area contributed by atoms with Crippen LogP contribution in [0.1, 0.15) is 16.7 Å². The number of ether oxygens (including phenoxy) is 2. The molecule has 0 aliphatic rings. The fourth-order valence-corrected chi connectivity index (χ4v) is 3.44. The molecule has 0 aromatic heterocycles. The second-order valence-corrected chi connectivity index (χ2v) is 6.82. The van der Waals surface area contributed by atoms with Crippen molar-refractivity contribution in [2.24, 2.45) is 0 Å². The molecule has 3 aromatic rings. The minimum absolute atomic E-state index is 0.0132. The minimum atomic E-state index is -0.575. The fraction of sp³-hybridized carbons (Fsp3) is 0.136. The molecule has 0 radical (unpaired) electrons. The molecule has 0 saturated carbocycles. The molecule has 27 heavy (non-hydrogen) atoms. The zero-order valence-corrected chi connectivity index (χ0v) is 15.6. The fourth-order valence-electron chi connectivity index (χ4n) is 2.46. The van der Waals surface area contributed by atoms with E-state index in [0.717, 1.165) is 21.8 Å². The summed E-state index contributed by atoms with van der Waals surface area (Å²) in [6, 6.07) is 22.2. The number of hydrogen-bond donors (Lipinski definition) is 0. The predicted molar refractivity (Wildman–Crippen MR) is 104 cm³/mol. The molecule has 3 nitrogen and oxygen atoms in total. The first-order valence-electron chi connectivity index (χ1n) is 8.35. The third-order valence-corrected chi connectivity index (χ3v) is 5.05. The number of rotatable bonds is 7. The summed E-state index contributed by atoms with van der Waals surface area (Å²) in [5.41, 5.74) is 2.10. The van der Waals surface area contributed by atoms with E-state index in [2.05, 4.69) is 0 Å². The molecule has 136 valence electrons. The van der Waals surface area contributed by atoms with Crippen LogP contribution in [0.5, 0.6) is 11.5 Å². The molecule has 3 rings (SSSR count). The summed E-state index contributed by atoms with van der Waals surface area (Å²) in [4.78, 5) is 0.736. The van der Waals surface area contributed by atoms with E-state index in [1.807, 2.05) is 60.7 Å². The quantitative estimate of drug-likeness (QED) is 0.503. The first-order chi connectivity index (χ1) is 13.2. The van der Waals surface area contributed by atoms with Crippen molar-refractivity contribution in [3.8, 4) is 17.6 Å². The van der Waals surface area contributed by atoms with Gasteiger partial charge >= 0.3 is 0 Å². The minimum Gasteiger partial charge on any atom is -0.497 e. The Morgan fingerprint density at radius 2 is 1.74 bits per heavy atom. The van der Waals surface area contributed by atoms with E-state index in [1.165, 1.54) is 17.8 Å². The number of methoxy groups -OCH3 is 1. The van der Waals surface area contributed by atoms with Gasteiger partial charge in [0.1, 0.15) is 30.0 Å². The molecule has 0 spiro atoms. The first kappa shape index (κ1) is 18.8. The Labute approximate surface area is 162 Å². The van der Waals surface area contributed by atoms with Gasteiger partial charge in [-0.15, -0.1) is 11.8 Å². The highest BCUT2D eigenvalue weighted by atomic mass is 32.2. The molecule has 0 aliphatic heterocycles. The lowest BCUT2D eigenvalue weighted by molar-refractivity contribution is 0.297. The van der Waals surface area contributed by atoms with Gasteiger partial charge in [0.15, 0.2) is 0 Å². The highest BCUT2D eigenvalue weighted by Crippen LogP contribution is 2.34. The second-order valence-electron chi connectivity index (χ2n) is 5.80. The van der Waals surface area contributed by atoms with Gasteiger partial charge in [-0.05, 0) is 29.3 Å². The van der Waals surface area contributed by atoms with Crippen molar-refractivity contribution in [1.82, 2.24) is 0 Å². The number of nitriles is 1. The third-order valence-electron chi connectivity index (χ3n) is 3.94. The van der Waals surface area contributed by atoms with Crippen molar-refractivity contribution >= 4 is 11.8 Å². The summed E-state index contributed by atoms with van der Waals surface area (Å²) >= 11 is 1.50. The van der Waals surface area contributed by atoms with Crippen LogP contribution in [0.3, 0.4) is 0 Å². The molecule has 0 aliphatic carbocycles. The lowest BCUT2D eigenvalue weighted by Crippen LogP contribution is -1.98. The summed E-state index contributed by atoms with van der Waals surface area (Å²) in [7, 11) is 1.63. The van der Waals surface area contributed by atoms with Crippen LogP contribution in [-0.2, 0) is 12.4 Å². The summed E-state index contributed by atoms with van der Waals surface area (Å²) in [6.07, 6.45) is 0. The summed E-state index contributed by atoms with van der Waals surface area (Å²) in [6.45, 7) is 0.336. The number of halogens is 1. The largest absolute Gasteiger partial charge is 0.497 e. The maximum atomic E-state index is 14.1. The summed E-state index contributed by atoms with van der Waals surface area (Å²) in [5.74, 6) is 1.33. The molecule has 0 heterocycles. The highest BCUT2D eigenvalue weighted by molar-refractivity contribution is 7.98. The van der Waals surface area contributed by atoms with Crippen LogP contribution in [0.4, 0.5) is 4.39 Å². The Morgan fingerprint density at radius 1 is 1.00 bits per heavy atom. The van der Waals surface area contributed by atoms with E-state index in [0.29, 0.717) is 18.1 Å². The Kier molecular flexibility index (Phi) is 6.35. The van der Waals surface area contributed by atoms with Gasteiger partial charge in [0.25, 0.3) is 0 Å². The number of thioether (sulfide) groups is 1. The van der Waals surface area contributed by atoms with Crippen LogP contribution in [0.25, 0.3) is 0 Å². The third kappa shape index (κ3) is 5.02. The average Bonchev–Trinajstić information content (AvgIpc) is 2.72. The second kappa shape index (κ2) is 9.11. The average molecular weight is 379 g/mol. The first-order valence-corrected chi connectivity index (χ1v) is 9.34. The molecule has 0 fully saturated rings. The molecule has 5 heteroatoms. The van der Waals surface area contributed by atoms with Gasteiger partial charge in [-0.2, -0.15) is 5.26 Å². The maximum absolute atomic E-state index is 14.1. The molecular weight excluding hydrogens is 361 g/mol. The predicted octanol–water partition coefficient (Wildman–Crippen LogP) is 5.58. The smallest absolute Gasteiger partial charge is 0.144 e. The number of benzene rings is 3. The van der Waals surface area contributed by atoms with Crippen LogP contribution in [-0.4, -0.2) is 7.11 Å². The Bertz CT molecular complexity index is 937. The normalized spacial score (nSPS) is 10.3. The van der Waals surface area contributed by atoms with Gasteiger partial charge in [0, 0.05) is 11.8 Å². The SMILES string of the molecule is COc1ccc(CSc2cc(C#N)c(F)cc2OCc2ccccc2)cc1. The van der Waals surface area contributed by atoms with Gasteiger partial charge in [-0.1, -0.05) is 42.5 Å². The summed E-state index contributed by atoms with van der Waals surface area (Å²) < 4.78 is 25.1. The van der Waals surface area contributed by atoms with Crippen LogP contribution >= 0.6 is 11.8 Å². The molecule has 0 saturated heterocycles. The van der Waals surface area contributed by atoms with Gasteiger partial charge in [-0.3, -0.25) is 0 Å². The van der Waals surface area contributed by atoms with Crippen LogP contribution in [0.15, 0.2) is 71.6 Å². The Hall–Kier alpha value is -2.97. The van der Waals surface area contributed by atoms with Crippen molar-refractivity contribution < 1.29 is 13.9 Å². The molecule has 0 bridgehead atoms. The van der Waals surface area contributed by atoms with Gasteiger partial charge in [0.05, 0.1) is 17.6 Å². The Morgan fingerprint density at radius 3 is 2.41 bits per heavy atom.